The number of amides is 2. The molecule has 0 bridgehead atoms. The molecule has 8 nitrogen and oxygen atoms in total. The summed E-state index contributed by atoms with van der Waals surface area (Å²) in [5.41, 5.74) is 3.72. The number of hydrazone groups is 1. The zero-order chi connectivity index (χ0) is 21.7. The lowest BCUT2D eigenvalue weighted by Crippen LogP contribution is -2.34. The predicted octanol–water partition coefficient (Wildman–Crippen LogP) is 2.30. The largest absolute Gasteiger partial charge is 0.329 e. The molecule has 0 atom stereocenters. The number of hydrogen-bond donors (Lipinski definition) is 2. The van der Waals surface area contributed by atoms with Gasteiger partial charge in [-0.25, -0.2) is 10.1 Å². The van der Waals surface area contributed by atoms with E-state index >= 15 is 0 Å². The van der Waals surface area contributed by atoms with Crippen LogP contribution in [0.2, 0.25) is 0 Å². The van der Waals surface area contributed by atoms with Crippen LogP contribution in [-0.4, -0.2) is 33.6 Å². The maximum absolute atomic E-state index is 12.8. The second kappa shape index (κ2) is 9.27. The van der Waals surface area contributed by atoms with Gasteiger partial charge in [-0.2, -0.15) is 5.10 Å². The van der Waals surface area contributed by atoms with Crippen LogP contribution in [-0.2, 0) is 16.6 Å². The van der Waals surface area contributed by atoms with E-state index in [1.54, 1.807) is 42.5 Å². The number of hydrogen-bond acceptors (Lipinski definition) is 5. The zero-order valence-electron chi connectivity index (χ0n) is 16.7. The number of thioether (sulfide) groups is 1. The van der Waals surface area contributed by atoms with E-state index in [4.69, 9.17) is 0 Å². The van der Waals surface area contributed by atoms with Gasteiger partial charge in [-0.1, -0.05) is 30.3 Å². The Morgan fingerprint density at radius 1 is 1.03 bits per heavy atom. The molecule has 0 fully saturated rings. The number of nitrogens with one attached hydrogen (secondary N) is 2. The van der Waals surface area contributed by atoms with E-state index in [0.29, 0.717) is 11.4 Å². The Balaban J connectivity index is 1.70. The molecule has 0 aliphatic heterocycles. The first kappa shape index (κ1) is 21.1. The molecule has 3 aromatic rings. The molecule has 9 heteroatoms. The van der Waals surface area contributed by atoms with Gasteiger partial charge in [0.1, 0.15) is 5.69 Å². The highest BCUT2D eigenvalue weighted by Crippen LogP contribution is 2.14. The molecule has 0 saturated carbocycles. The van der Waals surface area contributed by atoms with Crippen LogP contribution in [0.4, 0.5) is 5.69 Å². The fourth-order valence-corrected chi connectivity index (χ4v) is 3.20. The predicted molar refractivity (Wildman–Crippen MR) is 118 cm³/mol. The molecule has 0 unspecified atom stereocenters. The molecule has 1 aromatic heterocycles. The van der Waals surface area contributed by atoms with E-state index in [1.807, 2.05) is 48.7 Å². The summed E-state index contributed by atoms with van der Waals surface area (Å²) in [6.07, 6.45) is 3.41. The summed E-state index contributed by atoms with van der Waals surface area (Å²) in [7, 11) is 1.70. The number of rotatable bonds is 5. The highest BCUT2D eigenvalue weighted by molar-refractivity contribution is 7.98. The Morgan fingerprint density at radius 2 is 1.70 bits per heavy atom. The van der Waals surface area contributed by atoms with Crippen molar-refractivity contribution in [1.29, 1.82) is 0 Å². The van der Waals surface area contributed by atoms with Crippen molar-refractivity contribution >= 4 is 35.5 Å². The Hall–Kier alpha value is -3.59. The van der Waals surface area contributed by atoms with Crippen molar-refractivity contribution in [3.63, 3.8) is 0 Å². The summed E-state index contributed by atoms with van der Waals surface area (Å²) in [5, 5.41) is 6.19. The van der Waals surface area contributed by atoms with E-state index in [1.165, 1.54) is 10.9 Å². The van der Waals surface area contributed by atoms with E-state index in [0.717, 1.165) is 10.5 Å². The van der Waals surface area contributed by atoms with Gasteiger partial charge in [-0.15, -0.1) is 11.8 Å². The number of aromatic nitrogens is 2. The van der Waals surface area contributed by atoms with Crippen molar-refractivity contribution in [1.82, 2.24) is 14.8 Å². The minimum absolute atomic E-state index is 0.0399. The van der Waals surface area contributed by atoms with Crippen molar-refractivity contribution in [2.24, 2.45) is 12.1 Å². The lowest BCUT2D eigenvalue weighted by molar-refractivity contribution is -0.136. The van der Waals surface area contributed by atoms with Crippen LogP contribution in [0.5, 0.6) is 0 Å². The highest BCUT2D eigenvalue weighted by Gasteiger charge is 2.21. The molecule has 2 amide bonds. The summed E-state index contributed by atoms with van der Waals surface area (Å²) >= 11 is 1.62. The van der Waals surface area contributed by atoms with Crippen LogP contribution >= 0.6 is 11.8 Å². The highest BCUT2D eigenvalue weighted by atomic mass is 32.2. The lowest BCUT2D eigenvalue weighted by Gasteiger charge is -2.07. The SMILES string of the molecule is CSc1ccc(/C=N/NC(=O)C(=O)Nc2c(C)n(C)n(-c3ccccc3)c2=O)cc1. The van der Waals surface area contributed by atoms with Crippen molar-refractivity contribution in [2.75, 3.05) is 11.6 Å². The van der Waals surface area contributed by atoms with E-state index in [2.05, 4.69) is 15.8 Å². The average Bonchev–Trinajstić information content (AvgIpc) is 2.97. The molecule has 0 aliphatic carbocycles. The average molecular weight is 423 g/mol. The summed E-state index contributed by atoms with van der Waals surface area (Å²) < 4.78 is 3.03. The van der Waals surface area contributed by atoms with Crippen LogP contribution in [0.15, 0.2) is 69.4 Å². The molecule has 3 rings (SSSR count). The fraction of sp³-hybridized carbons (Fsp3) is 0.143. The number of nitrogens with zero attached hydrogens (tertiary/aromatic N) is 3. The number of benzene rings is 2. The monoisotopic (exact) mass is 423 g/mol. The summed E-state index contributed by atoms with van der Waals surface area (Å²) in [6, 6.07) is 16.6. The number of carbonyl (C=O) groups excluding carboxylic acids is 2. The van der Waals surface area contributed by atoms with E-state index in [-0.39, 0.29) is 5.69 Å². The second-order valence-electron chi connectivity index (χ2n) is 6.36. The van der Waals surface area contributed by atoms with Gasteiger partial charge in [0.05, 0.1) is 17.6 Å². The first-order valence-corrected chi connectivity index (χ1v) is 10.3. The van der Waals surface area contributed by atoms with Gasteiger partial charge in [0.25, 0.3) is 5.56 Å². The van der Waals surface area contributed by atoms with Crippen LogP contribution < -0.4 is 16.3 Å². The van der Waals surface area contributed by atoms with Crippen LogP contribution in [0.1, 0.15) is 11.3 Å². The maximum Gasteiger partial charge on any atom is 0.329 e. The quantitative estimate of drug-likeness (QED) is 0.285. The summed E-state index contributed by atoms with van der Waals surface area (Å²) in [4.78, 5) is 38.2. The second-order valence-corrected chi connectivity index (χ2v) is 7.24. The number of anilines is 1. The van der Waals surface area contributed by atoms with E-state index in [9.17, 15) is 14.4 Å². The van der Waals surface area contributed by atoms with Crippen molar-refractivity contribution in [2.45, 2.75) is 11.8 Å². The molecular formula is C21H21N5O3S. The third-order valence-electron chi connectivity index (χ3n) is 4.49. The molecule has 154 valence electrons. The smallest absolute Gasteiger partial charge is 0.311 e. The van der Waals surface area contributed by atoms with Gasteiger partial charge in [-0.3, -0.25) is 19.1 Å². The standard InChI is InChI=1S/C21H21N5O3S/c1-14-18(21(29)26(25(14)2)16-7-5-4-6-8-16)23-19(27)20(28)24-22-13-15-9-11-17(30-3)12-10-15/h4-13H,1-3H3,(H,23,27)(H,24,28)/b22-13+. The third kappa shape index (κ3) is 4.52. The number of para-hydroxylation sites is 1. The van der Waals surface area contributed by atoms with Gasteiger partial charge in [0.15, 0.2) is 0 Å². The summed E-state index contributed by atoms with van der Waals surface area (Å²) in [5.74, 6) is -1.95. The minimum atomic E-state index is -0.976. The molecule has 0 aliphatic rings. The maximum atomic E-state index is 12.8. The van der Waals surface area contributed by atoms with Gasteiger partial charge in [0.2, 0.25) is 0 Å². The zero-order valence-corrected chi connectivity index (χ0v) is 17.6. The van der Waals surface area contributed by atoms with Crippen molar-refractivity contribution in [3.8, 4) is 5.69 Å². The molecule has 1 heterocycles. The fourth-order valence-electron chi connectivity index (χ4n) is 2.79. The molecule has 0 spiro atoms. The summed E-state index contributed by atoms with van der Waals surface area (Å²) in [6.45, 7) is 1.69. The van der Waals surface area contributed by atoms with Crippen LogP contribution in [0.3, 0.4) is 0 Å². The first-order valence-electron chi connectivity index (χ1n) is 9.05. The van der Waals surface area contributed by atoms with Crippen LogP contribution in [0, 0.1) is 6.92 Å². The molecule has 2 aromatic carbocycles. The van der Waals surface area contributed by atoms with Gasteiger partial charge in [0, 0.05) is 11.9 Å². The molecule has 2 N–H and O–H groups in total. The number of carbonyl (C=O) groups is 2. The lowest BCUT2D eigenvalue weighted by atomic mass is 10.2. The minimum Gasteiger partial charge on any atom is -0.311 e. The molecule has 0 radical (unpaired) electrons. The van der Waals surface area contributed by atoms with Gasteiger partial charge < -0.3 is 5.32 Å². The molecular weight excluding hydrogens is 402 g/mol. The Bertz CT molecular complexity index is 1150. The molecule has 30 heavy (non-hydrogen) atoms. The normalized spacial score (nSPS) is 10.9. The topological polar surface area (TPSA) is 97.5 Å². The Kier molecular flexibility index (Phi) is 6.53. The first-order chi connectivity index (χ1) is 14.4. The van der Waals surface area contributed by atoms with Crippen molar-refractivity contribution < 1.29 is 9.59 Å². The van der Waals surface area contributed by atoms with Crippen molar-refractivity contribution in [3.05, 3.63) is 76.2 Å². The Morgan fingerprint density at radius 3 is 2.33 bits per heavy atom. The Labute approximate surface area is 177 Å². The van der Waals surface area contributed by atoms with E-state index < -0.39 is 17.4 Å². The third-order valence-corrected chi connectivity index (χ3v) is 5.24. The van der Waals surface area contributed by atoms with Crippen LogP contribution in [0.25, 0.3) is 5.69 Å². The van der Waals surface area contributed by atoms with Gasteiger partial charge in [-0.05, 0) is 43.0 Å². The molecule has 0 saturated heterocycles. The van der Waals surface area contributed by atoms with Gasteiger partial charge >= 0.3 is 11.8 Å².